The van der Waals surface area contributed by atoms with Gasteiger partial charge in [0.2, 0.25) is 11.1 Å². The number of nitro groups is 1. The maximum atomic E-state index is 11.4. The first-order valence-corrected chi connectivity index (χ1v) is 6.90. The highest BCUT2D eigenvalue weighted by Crippen LogP contribution is 2.29. The first-order chi connectivity index (χ1) is 10.0. The van der Waals surface area contributed by atoms with E-state index in [0.29, 0.717) is 25.7 Å². The van der Waals surface area contributed by atoms with Gasteiger partial charge in [0.25, 0.3) is 0 Å². The Kier molecular flexibility index (Phi) is 4.89. The Morgan fingerprint density at radius 2 is 2.14 bits per heavy atom. The van der Waals surface area contributed by atoms with E-state index < -0.39 is 4.92 Å². The number of rotatable bonds is 4. The molecule has 0 unspecified atom stereocenters. The summed E-state index contributed by atoms with van der Waals surface area (Å²) in [4.78, 5) is 29.3. The van der Waals surface area contributed by atoms with E-state index in [-0.39, 0.29) is 34.7 Å². The van der Waals surface area contributed by atoms with Crippen LogP contribution in [0.5, 0.6) is 0 Å². The number of carbonyl (C=O) groups is 1. The first-order valence-electron chi connectivity index (χ1n) is 6.52. The van der Waals surface area contributed by atoms with Crippen molar-refractivity contribution in [3.8, 4) is 0 Å². The molecule has 1 fully saturated rings. The number of nitrogens with one attached hydrogen (secondary N) is 1. The van der Waals surface area contributed by atoms with Gasteiger partial charge in [-0.2, -0.15) is 4.98 Å². The molecule has 1 heterocycles. The molecule has 2 rings (SSSR count). The van der Waals surface area contributed by atoms with Crippen LogP contribution in [0.1, 0.15) is 25.7 Å². The summed E-state index contributed by atoms with van der Waals surface area (Å²) in [7, 11) is 1.37. The molecule has 21 heavy (non-hydrogen) atoms. The standard InChI is InChI=1S/C12H15ClN4O4/c1-21-11(18)7-2-4-8(5-3-7)15-10-9(17(19)20)6-14-12(13)16-10/h6-8H,2-5H2,1H3,(H,14,15,16). The quantitative estimate of drug-likeness (QED) is 0.393. The Labute approximate surface area is 126 Å². The second kappa shape index (κ2) is 6.66. The van der Waals surface area contributed by atoms with E-state index in [2.05, 4.69) is 15.3 Å². The van der Waals surface area contributed by atoms with E-state index in [1.807, 2.05) is 0 Å². The largest absolute Gasteiger partial charge is 0.469 e. The third kappa shape index (κ3) is 3.78. The van der Waals surface area contributed by atoms with Crippen molar-refractivity contribution in [2.45, 2.75) is 31.7 Å². The molecule has 9 heteroatoms. The predicted molar refractivity (Wildman–Crippen MR) is 75.1 cm³/mol. The molecule has 0 radical (unpaired) electrons. The van der Waals surface area contributed by atoms with E-state index in [1.165, 1.54) is 7.11 Å². The van der Waals surface area contributed by atoms with E-state index >= 15 is 0 Å². The molecule has 1 N–H and O–H groups in total. The number of esters is 1. The molecule has 0 atom stereocenters. The van der Waals surface area contributed by atoms with Gasteiger partial charge < -0.3 is 10.1 Å². The molecule has 114 valence electrons. The number of nitrogens with zero attached hydrogens (tertiary/aromatic N) is 3. The lowest BCUT2D eigenvalue weighted by molar-refractivity contribution is -0.384. The lowest BCUT2D eigenvalue weighted by atomic mass is 9.86. The summed E-state index contributed by atoms with van der Waals surface area (Å²) in [6, 6.07) is 0.00979. The molecule has 0 bridgehead atoms. The van der Waals surface area contributed by atoms with Crippen molar-refractivity contribution in [2.24, 2.45) is 5.92 Å². The summed E-state index contributed by atoms with van der Waals surface area (Å²) in [5.41, 5.74) is -0.213. The van der Waals surface area contributed by atoms with Gasteiger partial charge in [0.05, 0.1) is 18.0 Å². The van der Waals surface area contributed by atoms with Gasteiger partial charge in [0, 0.05) is 6.04 Å². The smallest absolute Gasteiger partial charge is 0.329 e. The molecule has 0 aliphatic heterocycles. The van der Waals surface area contributed by atoms with E-state index in [0.717, 1.165) is 6.20 Å². The van der Waals surface area contributed by atoms with Crippen LogP contribution in [-0.2, 0) is 9.53 Å². The van der Waals surface area contributed by atoms with Crippen molar-refractivity contribution in [3.05, 3.63) is 21.6 Å². The topological polar surface area (TPSA) is 107 Å². The number of hydrogen-bond donors (Lipinski definition) is 1. The average molecular weight is 315 g/mol. The highest BCUT2D eigenvalue weighted by molar-refractivity contribution is 6.28. The SMILES string of the molecule is COC(=O)C1CCC(Nc2nc(Cl)ncc2[N+](=O)[O-])CC1. The molecule has 8 nitrogen and oxygen atoms in total. The van der Waals surface area contributed by atoms with Gasteiger partial charge in [0.15, 0.2) is 0 Å². The zero-order chi connectivity index (χ0) is 15.4. The number of ether oxygens (including phenoxy) is 1. The van der Waals surface area contributed by atoms with Crippen molar-refractivity contribution in [3.63, 3.8) is 0 Å². The Hall–Kier alpha value is -1.96. The average Bonchev–Trinajstić information content (AvgIpc) is 2.47. The van der Waals surface area contributed by atoms with Crippen LogP contribution in [0.15, 0.2) is 6.20 Å². The fourth-order valence-corrected chi connectivity index (χ4v) is 2.56. The molecule has 0 amide bonds. The summed E-state index contributed by atoms with van der Waals surface area (Å²) in [5.74, 6) is -0.192. The fourth-order valence-electron chi connectivity index (χ4n) is 2.43. The van der Waals surface area contributed by atoms with Gasteiger partial charge in [-0.05, 0) is 37.3 Å². The van der Waals surface area contributed by atoms with E-state index in [4.69, 9.17) is 16.3 Å². The van der Waals surface area contributed by atoms with Crippen LogP contribution < -0.4 is 5.32 Å². The van der Waals surface area contributed by atoms with Crippen LogP contribution in [0.2, 0.25) is 5.28 Å². The Morgan fingerprint density at radius 3 is 2.71 bits per heavy atom. The Balaban J connectivity index is 2.02. The van der Waals surface area contributed by atoms with Crippen molar-refractivity contribution >= 4 is 29.1 Å². The van der Waals surface area contributed by atoms with Crippen LogP contribution in [0, 0.1) is 16.0 Å². The molecule has 1 aromatic rings. The Morgan fingerprint density at radius 1 is 1.48 bits per heavy atom. The summed E-state index contributed by atoms with van der Waals surface area (Å²) >= 11 is 5.68. The Bertz CT molecular complexity index is 546. The van der Waals surface area contributed by atoms with E-state index in [1.54, 1.807) is 0 Å². The number of carbonyl (C=O) groups excluding carboxylic acids is 1. The van der Waals surface area contributed by atoms with Gasteiger partial charge in [-0.15, -0.1) is 0 Å². The van der Waals surface area contributed by atoms with Crippen molar-refractivity contribution in [1.29, 1.82) is 0 Å². The molecule has 1 saturated carbocycles. The van der Waals surface area contributed by atoms with Gasteiger partial charge in [-0.25, -0.2) is 4.98 Å². The molecular weight excluding hydrogens is 300 g/mol. The number of anilines is 1. The first kappa shape index (κ1) is 15.4. The molecule has 1 aliphatic carbocycles. The normalized spacial score (nSPS) is 21.6. The fraction of sp³-hybridized carbons (Fsp3) is 0.583. The van der Waals surface area contributed by atoms with E-state index in [9.17, 15) is 14.9 Å². The lowest BCUT2D eigenvalue weighted by Crippen LogP contribution is -2.30. The maximum absolute atomic E-state index is 11.4. The third-order valence-corrected chi connectivity index (χ3v) is 3.72. The van der Waals surface area contributed by atoms with Crippen LogP contribution in [-0.4, -0.2) is 34.0 Å². The monoisotopic (exact) mass is 314 g/mol. The predicted octanol–water partition coefficient (Wildman–Crippen LogP) is 2.18. The summed E-state index contributed by atoms with van der Waals surface area (Å²) in [6.07, 6.45) is 3.85. The van der Waals surface area contributed by atoms with Gasteiger partial charge in [-0.1, -0.05) is 0 Å². The summed E-state index contributed by atoms with van der Waals surface area (Å²) in [6.45, 7) is 0. The minimum atomic E-state index is -0.557. The van der Waals surface area contributed by atoms with Crippen LogP contribution in [0.4, 0.5) is 11.5 Å². The molecule has 0 saturated heterocycles. The van der Waals surface area contributed by atoms with Crippen molar-refractivity contribution in [2.75, 3.05) is 12.4 Å². The zero-order valence-corrected chi connectivity index (χ0v) is 12.2. The van der Waals surface area contributed by atoms with Crippen LogP contribution >= 0.6 is 11.6 Å². The molecule has 0 spiro atoms. The third-order valence-electron chi connectivity index (χ3n) is 3.54. The van der Waals surface area contributed by atoms with Crippen LogP contribution in [0.25, 0.3) is 0 Å². The minimum absolute atomic E-state index is 0.00979. The van der Waals surface area contributed by atoms with Gasteiger partial charge in [0.1, 0.15) is 6.20 Å². The summed E-state index contributed by atoms with van der Waals surface area (Å²) < 4.78 is 4.72. The molecule has 0 aromatic carbocycles. The maximum Gasteiger partial charge on any atom is 0.329 e. The van der Waals surface area contributed by atoms with Crippen molar-refractivity contribution in [1.82, 2.24) is 9.97 Å². The number of aromatic nitrogens is 2. The molecular formula is C12H15ClN4O4. The number of halogens is 1. The van der Waals surface area contributed by atoms with Crippen molar-refractivity contribution < 1.29 is 14.5 Å². The highest BCUT2D eigenvalue weighted by Gasteiger charge is 2.28. The van der Waals surface area contributed by atoms with Crippen LogP contribution in [0.3, 0.4) is 0 Å². The highest BCUT2D eigenvalue weighted by atomic mass is 35.5. The van der Waals surface area contributed by atoms with Gasteiger partial charge >= 0.3 is 11.7 Å². The summed E-state index contributed by atoms with van der Waals surface area (Å²) in [5, 5.41) is 13.9. The number of methoxy groups -OCH3 is 1. The lowest BCUT2D eigenvalue weighted by Gasteiger charge is -2.27. The second-order valence-corrected chi connectivity index (χ2v) is 5.18. The minimum Gasteiger partial charge on any atom is -0.469 e. The molecule has 1 aliphatic rings. The zero-order valence-electron chi connectivity index (χ0n) is 11.4. The van der Waals surface area contributed by atoms with Gasteiger partial charge in [-0.3, -0.25) is 14.9 Å². The second-order valence-electron chi connectivity index (χ2n) is 4.85. The molecule has 1 aromatic heterocycles. The number of hydrogen-bond acceptors (Lipinski definition) is 7.